The summed E-state index contributed by atoms with van der Waals surface area (Å²) in [6.45, 7) is 4.40. The van der Waals surface area contributed by atoms with Gasteiger partial charge in [0, 0.05) is 0 Å². The van der Waals surface area contributed by atoms with Crippen LogP contribution in [-0.4, -0.2) is 12.6 Å². The van der Waals surface area contributed by atoms with Crippen LogP contribution >= 0.6 is 0 Å². The molecule has 0 heterocycles. The van der Waals surface area contributed by atoms with Gasteiger partial charge < -0.3 is 4.74 Å². The van der Waals surface area contributed by atoms with Crippen LogP contribution in [0.5, 0.6) is 0 Å². The van der Waals surface area contributed by atoms with E-state index in [1.807, 2.05) is 6.92 Å². The smallest absolute Gasteiger partial charge is 0.317 e. The fraction of sp³-hybridized carbons (Fsp3) is 0.700. The molecule has 1 atom stereocenters. The SMILES string of the molecule is CCOC(=O)[C@@H]1C(C)=C1C1CC1. The predicted molar refractivity (Wildman–Crippen MR) is 45.5 cm³/mol. The van der Waals surface area contributed by atoms with E-state index >= 15 is 0 Å². The minimum absolute atomic E-state index is 0.0306. The third-order valence-corrected chi connectivity index (χ3v) is 2.66. The van der Waals surface area contributed by atoms with Crippen LogP contribution in [0.4, 0.5) is 0 Å². The van der Waals surface area contributed by atoms with Gasteiger partial charge in [-0.2, -0.15) is 0 Å². The summed E-state index contributed by atoms with van der Waals surface area (Å²) in [6, 6.07) is 0. The highest BCUT2D eigenvalue weighted by Crippen LogP contribution is 2.53. The molecule has 1 fully saturated rings. The number of hydrogen-bond donors (Lipinski definition) is 0. The summed E-state index contributed by atoms with van der Waals surface area (Å²) in [4.78, 5) is 11.3. The molecule has 2 aliphatic rings. The molecule has 0 aliphatic heterocycles. The average Bonchev–Trinajstić information content (AvgIpc) is 2.82. The molecule has 2 aliphatic carbocycles. The Morgan fingerprint density at radius 3 is 2.75 bits per heavy atom. The van der Waals surface area contributed by atoms with Crippen LogP contribution < -0.4 is 0 Å². The Balaban J connectivity index is 1.90. The molecule has 0 N–H and O–H groups in total. The van der Waals surface area contributed by atoms with Crippen molar-refractivity contribution in [3.63, 3.8) is 0 Å². The van der Waals surface area contributed by atoms with Gasteiger partial charge in [-0.25, -0.2) is 0 Å². The molecule has 66 valence electrons. The van der Waals surface area contributed by atoms with Gasteiger partial charge in [0.05, 0.1) is 12.5 Å². The van der Waals surface area contributed by atoms with Crippen molar-refractivity contribution in [2.24, 2.45) is 11.8 Å². The van der Waals surface area contributed by atoms with Crippen LogP contribution in [0.2, 0.25) is 0 Å². The summed E-state index contributed by atoms with van der Waals surface area (Å²) >= 11 is 0. The van der Waals surface area contributed by atoms with Crippen LogP contribution in [0.15, 0.2) is 11.1 Å². The van der Waals surface area contributed by atoms with E-state index in [1.54, 1.807) is 0 Å². The summed E-state index contributed by atoms with van der Waals surface area (Å²) in [5.74, 6) is 0.786. The van der Waals surface area contributed by atoms with Gasteiger partial charge in [0.25, 0.3) is 0 Å². The summed E-state index contributed by atoms with van der Waals surface area (Å²) in [5, 5.41) is 0. The van der Waals surface area contributed by atoms with E-state index in [0.717, 1.165) is 5.92 Å². The Labute approximate surface area is 72.6 Å². The largest absolute Gasteiger partial charge is 0.465 e. The highest BCUT2D eigenvalue weighted by Gasteiger charge is 2.47. The zero-order valence-electron chi connectivity index (χ0n) is 7.59. The third-order valence-electron chi connectivity index (χ3n) is 2.66. The maximum atomic E-state index is 11.3. The second-order valence-electron chi connectivity index (χ2n) is 3.60. The molecule has 0 aromatic rings. The van der Waals surface area contributed by atoms with Crippen LogP contribution in [0, 0.1) is 11.8 Å². The highest BCUT2D eigenvalue weighted by molar-refractivity contribution is 5.86. The number of rotatable bonds is 3. The summed E-state index contributed by atoms with van der Waals surface area (Å²) in [6.07, 6.45) is 2.56. The van der Waals surface area contributed by atoms with E-state index in [-0.39, 0.29) is 11.9 Å². The van der Waals surface area contributed by atoms with Gasteiger partial charge in [0.2, 0.25) is 0 Å². The van der Waals surface area contributed by atoms with Crippen molar-refractivity contribution in [2.75, 3.05) is 6.61 Å². The number of esters is 1. The molecule has 0 aromatic heterocycles. The van der Waals surface area contributed by atoms with Crippen molar-refractivity contribution >= 4 is 5.97 Å². The lowest BCUT2D eigenvalue weighted by Crippen LogP contribution is -2.09. The van der Waals surface area contributed by atoms with Crippen molar-refractivity contribution in [2.45, 2.75) is 26.7 Å². The molecule has 2 heteroatoms. The lowest BCUT2D eigenvalue weighted by molar-refractivity contribution is -0.144. The van der Waals surface area contributed by atoms with Gasteiger partial charge >= 0.3 is 5.97 Å². The summed E-state index contributed by atoms with van der Waals surface area (Å²) in [7, 11) is 0. The van der Waals surface area contributed by atoms with Crippen molar-refractivity contribution in [3.05, 3.63) is 11.1 Å². The maximum Gasteiger partial charge on any atom is 0.317 e. The van der Waals surface area contributed by atoms with Gasteiger partial charge in [-0.05, 0) is 38.2 Å². The molecule has 0 amide bonds. The predicted octanol–water partition coefficient (Wildman–Crippen LogP) is 1.91. The van der Waals surface area contributed by atoms with E-state index < -0.39 is 0 Å². The lowest BCUT2D eigenvalue weighted by Gasteiger charge is -2.00. The van der Waals surface area contributed by atoms with Crippen LogP contribution in [0.3, 0.4) is 0 Å². The maximum absolute atomic E-state index is 11.3. The van der Waals surface area contributed by atoms with Gasteiger partial charge in [0.15, 0.2) is 0 Å². The minimum Gasteiger partial charge on any atom is -0.465 e. The first kappa shape index (κ1) is 7.84. The Hall–Kier alpha value is -0.790. The van der Waals surface area contributed by atoms with Crippen LogP contribution in [0.1, 0.15) is 26.7 Å². The van der Waals surface area contributed by atoms with Crippen molar-refractivity contribution in [1.82, 2.24) is 0 Å². The van der Waals surface area contributed by atoms with Crippen molar-refractivity contribution < 1.29 is 9.53 Å². The number of carbonyl (C=O) groups is 1. The lowest BCUT2D eigenvalue weighted by atomic mass is 10.2. The highest BCUT2D eigenvalue weighted by atomic mass is 16.5. The zero-order valence-corrected chi connectivity index (χ0v) is 7.59. The van der Waals surface area contributed by atoms with Gasteiger partial charge in [-0.1, -0.05) is 5.57 Å². The standard InChI is InChI=1S/C10H14O2/c1-3-12-10(11)9-6(2)8(9)7-4-5-7/h7,9H,3-5H2,1-2H3/t9-/m1/s1. The van der Waals surface area contributed by atoms with Gasteiger partial charge in [0.1, 0.15) is 0 Å². The Kier molecular flexibility index (Phi) is 1.71. The first-order valence-electron chi connectivity index (χ1n) is 4.63. The van der Waals surface area contributed by atoms with Crippen LogP contribution in [0.25, 0.3) is 0 Å². The fourth-order valence-corrected chi connectivity index (χ4v) is 1.83. The minimum atomic E-state index is -0.0306. The quantitative estimate of drug-likeness (QED) is 0.473. The Morgan fingerprint density at radius 1 is 1.58 bits per heavy atom. The average molecular weight is 166 g/mol. The molecule has 2 nitrogen and oxygen atoms in total. The Morgan fingerprint density at radius 2 is 2.25 bits per heavy atom. The topological polar surface area (TPSA) is 26.3 Å². The normalized spacial score (nSPS) is 27.3. The Bertz CT molecular complexity index is 249. The molecular weight excluding hydrogens is 152 g/mol. The molecular formula is C10H14O2. The van der Waals surface area contributed by atoms with Crippen molar-refractivity contribution in [3.8, 4) is 0 Å². The molecule has 0 radical (unpaired) electrons. The molecule has 0 bridgehead atoms. The first-order chi connectivity index (χ1) is 5.75. The molecule has 0 spiro atoms. The van der Waals surface area contributed by atoms with Crippen LogP contribution in [-0.2, 0) is 9.53 Å². The molecule has 0 unspecified atom stereocenters. The zero-order chi connectivity index (χ0) is 8.72. The van der Waals surface area contributed by atoms with Gasteiger partial charge in [-0.3, -0.25) is 4.79 Å². The van der Waals surface area contributed by atoms with E-state index in [0.29, 0.717) is 6.61 Å². The van der Waals surface area contributed by atoms with E-state index in [2.05, 4.69) is 6.92 Å². The third kappa shape index (κ3) is 1.15. The molecule has 12 heavy (non-hydrogen) atoms. The number of hydrogen-bond acceptors (Lipinski definition) is 2. The molecule has 0 aromatic carbocycles. The summed E-state index contributed by atoms with van der Waals surface area (Å²) in [5.41, 5.74) is 2.66. The first-order valence-corrected chi connectivity index (χ1v) is 4.63. The fourth-order valence-electron chi connectivity index (χ4n) is 1.83. The van der Waals surface area contributed by atoms with E-state index in [1.165, 1.54) is 24.0 Å². The summed E-state index contributed by atoms with van der Waals surface area (Å²) < 4.78 is 4.96. The molecule has 1 saturated carbocycles. The van der Waals surface area contributed by atoms with Crippen molar-refractivity contribution in [1.29, 1.82) is 0 Å². The second kappa shape index (κ2) is 2.61. The van der Waals surface area contributed by atoms with E-state index in [4.69, 9.17) is 4.74 Å². The molecule has 2 rings (SSSR count). The number of ether oxygens (including phenoxy) is 1. The monoisotopic (exact) mass is 166 g/mol. The van der Waals surface area contributed by atoms with E-state index in [9.17, 15) is 4.79 Å². The number of carbonyl (C=O) groups excluding carboxylic acids is 1. The van der Waals surface area contributed by atoms with Gasteiger partial charge in [-0.15, -0.1) is 0 Å². The molecule has 0 saturated heterocycles. The second-order valence-corrected chi connectivity index (χ2v) is 3.60.